The molecule has 0 aliphatic heterocycles. The zero-order chi connectivity index (χ0) is 23.6. The summed E-state index contributed by atoms with van der Waals surface area (Å²) in [6.45, 7) is 0.187. The van der Waals surface area contributed by atoms with Crippen molar-refractivity contribution in [1.82, 2.24) is 0 Å². The molecule has 1 aromatic heterocycles. The molecule has 3 aromatic carbocycles. The third-order valence-corrected chi connectivity index (χ3v) is 5.19. The molecule has 1 heterocycles. The van der Waals surface area contributed by atoms with E-state index in [0.29, 0.717) is 5.75 Å². The molecule has 0 amide bonds. The van der Waals surface area contributed by atoms with Crippen LogP contribution in [0.15, 0.2) is 80.4 Å². The van der Waals surface area contributed by atoms with Crippen molar-refractivity contribution >= 4 is 26.9 Å². The van der Waals surface area contributed by atoms with Gasteiger partial charge in [0.25, 0.3) is 5.76 Å². The minimum Gasteiger partial charge on any atom is -0.497 e. The van der Waals surface area contributed by atoms with Crippen LogP contribution in [0.5, 0.6) is 23.0 Å². The van der Waals surface area contributed by atoms with E-state index in [1.54, 1.807) is 6.07 Å². The van der Waals surface area contributed by atoms with Gasteiger partial charge in [0.15, 0.2) is 0 Å². The molecule has 0 unspecified atom stereocenters. The van der Waals surface area contributed by atoms with E-state index in [9.17, 15) is 18.0 Å². The molecule has 170 valence electrons. The summed E-state index contributed by atoms with van der Waals surface area (Å²) in [4.78, 5) is 12.9. The van der Waals surface area contributed by atoms with Crippen LogP contribution in [0.2, 0.25) is 0 Å². The monoisotopic (exact) mass is 520 g/mol. The molecule has 33 heavy (non-hydrogen) atoms. The maximum atomic E-state index is 13.7. The summed E-state index contributed by atoms with van der Waals surface area (Å²) in [7, 11) is 1.40. The van der Waals surface area contributed by atoms with Gasteiger partial charge in [-0.25, -0.2) is 0 Å². The van der Waals surface area contributed by atoms with E-state index in [4.69, 9.17) is 18.6 Å². The Labute approximate surface area is 194 Å². The normalized spacial score (nSPS) is 11.4. The summed E-state index contributed by atoms with van der Waals surface area (Å²) in [5, 5.41) is -0.0723. The highest BCUT2D eigenvalue weighted by Gasteiger charge is 2.40. The van der Waals surface area contributed by atoms with Crippen molar-refractivity contribution in [3.05, 3.63) is 92.7 Å². The molecule has 0 spiro atoms. The summed E-state index contributed by atoms with van der Waals surface area (Å²) < 4.78 is 63.2. The average molecular weight is 521 g/mol. The lowest BCUT2D eigenvalue weighted by Crippen LogP contribution is -2.15. The lowest BCUT2D eigenvalue weighted by Gasteiger charge is -2.14. The molecule has 4 aromatic rings. The van der Waals surface area contributed by atoms with Crippen molar-refractivity contribution in [3.63, 3.8) is 0 Å². The van der Waals surface area contributed by atoms with Crippen LogP contribution in [0.1, 0.15) is 11.3 Å². The summed E-state index contributed by atoms with van der Waals surface area (Å²) in [6, 6.07) is 17.3. The molecule has 0 fully saturated rings. The van der Waals surface area contributed by atoms with Crippen LogP contribution in [0.4, 0.5) is 13.2 Å². The van der Waals surface area contributed by atoms with Gasteiger partial charge in [0.05, 0.1) is 12.5 Å². The zero-order valence-corrected chi connectivity index (χ0v) is 18.7. The second-order valence-electron chi connectivity index (χ2n) is 6.94. The van der Waals surface area contributed by atoms with Gasteiger partial charge in [-0.05, 0) is 42.0 Å². The van der Waals surface area contributed by atoms with Gasteiger partial charge in [-0.3, -0.25) is 4.79 Å². The predicted octanol–water partition coefficient (Wildman–Crippen LogP) is 6.95. The second kappa shape index (κ2) is 9.19. The van der Waals surface area contributed by atoms with Crippen molar-refractivity contribution in [2.75, 3.05) is 7.11 Å². The van der Waals surface area contributed by atoms with E-state index in [0.717, 1.165) is 10.0 Å². The van der Waals surface area contributed by atoms with E-state index in [1.807, 2.05) is 24.3 Å². The molecule has 4 rings (SSSR count). The molecule has 0 aliphatic rings. The Morgan fingerprint density at radius 2 is 1.67 bits per heavy atom. The Morgan fingerprint density at radius 3 is 2.36 bits per heavy atom. The Balaban J connectivity index is 1.71. The fourth-order valence-corrected chi connectivity index (χ4v) is 3.32. The lowest BCUT2D eigenvalue weighted by atomic mass is 10.2. The summed E-state index contributed by atoms with van der Waals surface area (Å²) in [6.07, 6.45) is -4.96. The van der Waals surface area contributed by atoms with Crippen LogP contribution < -0.4 is 19.6 Å². The largest absolute Gasteiger partial charge is 0.497 e. The fourth-order valence-electron chi connectivity index (χ4n) is 3.06. The molecular weight excluding hydrogens is 505 g/mol. The summed E-state index contributed by atoms with van der Waals surface area (Å²) >= 11 is 3.34. The molecule has 0 radical (unpaired) electrons. The maximum absolute atomic E-state index is 13.7. The van der Waals surface area contributed by atoms with Gasteiger partial charge in [0, 0.05) is 16.6 Å². The molecule has 0 atom stereocenters. The topological polar surface area (TPSA) is 57.9 Å². The smallest absolute Gasteiger partial charge is 0.453 e. The molecule has 0 saturated heterocycles. The molecule has 5 nitrogen and oxygen atoms in total. The molecule has 0 bridgehead atoms. The first kappa shape index (κ1) is 22.7. The number of ether oxygens (including phenoxy) is 3. The Bertz CT molecular complexity index is 1350. The number of hydrogen-bond donors (Lipinski definition) is 0. The van der Waals surface area contributed by atoms with Crippen LogP contribution >= 0.6 is 15.9 Å². The van der Waals surface area contributed by atoms with Crippen molar-refractivity contribution in [2.45, 2.75) is 12.8 Å². The van der Waals surface area contributed by atoms with Gasteiger partial charge < -0.3 is 18.6 Å². The van der Waals surface area contributed by atoms with E-state index in [2.05, 4.69) is 15.9 Å². The summed E-state index contributed by atoms with van der Waals surface area (Å²) in [5.74, 6) is -1.87. The Kier molecular flexibility index (Phi) is 6.33. The van der Waals surface area contributed by atoms with Crippen LogP contribution in [0.25, 0.3) is 11.0 Å². The highest BCUT2D eigenvalue weighted by atomic mass is 79.9. The van der Waals surface area contributed by atoms with Crippen molar-refractivity contribution < 1.29 is 31.8 Å². The van der Waals surface area contributed by atoms with Crippen molar-refractivity contribution in [3.8, 4) is 23.0 Å². The number of fused-ring (bicyclic) bond motifs is 1. The number of alkyl halides is 3. The number of hydrogen-bond acceptors (Lipinski definition) is 5. The van der Waals surface area contributed by atoms with Gasteiger partial charge in [-0.15, -0.1) is 0 Å². The van der Waals surface area contributed by atoms with Crippen molar-refractivity contribution in [1.29, 1.82) is 0 Å². The van der Waals surface area contributed by atoms with Crippen LogP contribution in [-0.4, -0.2) is 7.11 Å². The SMILES string of the molecule is COc1cccc(Oc2c(C(F)(F)F)oc3cc(OCc4ccc(Br)cc4)ccc3c2=O)c1. The van der Waals surface area contributed by atoms with Crippen LogP contribution in [0, 0.1) is 0 Å². The second-order valence-corrected chi connectivity index (χ2v) is 7.86. The standard InChI is InChI=1S/C24H16BrF3O5/c1-30-16-3-2-4-18(11-16)32-22-21(29)19-10-9-17(12-20(19)33-23(22)24(26,27)28)31-13-14-5-7-15(25)8-6-14/h2-12H,13H2,1H3. The molecule has 0 aliphatic carbocycles. The Hall–Kier alpha value is -3.46. The molecule has 0 saturated carbocycles. The Morgan fingerprint density at radius 1 is 0.939 bits per heavy atom. The van der Waals surface area contributed by atoms with Gasteiger partial charge in [-0.1, -0.05) is 34.1 Å². The van der Waals surface area contributed by atoms with E-state index in [1.165, 1.54) is 43.5 Å². The first-order chi connectivity index (χ1) is 15.7. The molecular formula is C24H16BrF3O5. The van der Waals surface area contributed by atoms with Gasteiger partial charge in [0.2, 0.25) is 11.2 Å². The third kappa shape index (κ3) is 5.14. The van der Waals surface area contributed by atoms with Gasteiger partial charge in [0.1, 0.15) is 29.4 Å². The van der Waals surface area contributed by atoms with Gasteiger partial charge >= 0.3 is 6.18 Å². The quantitative estimate of drug-likeness (QED) is 0.275. The molecule has 0 N–H and O–H groups in total. The third-order valence-electron chi connectivity index (χ3n) is 4.66. The zero-order valence-electron chi connectivity index (χ0n) is 17.1. The highest BCUT2D eigenvalue weighted by molar-refractivity contribution is 9.10. The predicted molar refractivity (Wildman–Crippen MR) is 119 cm³/mol. The van der Waals surface area contributed by atoms with Crippen LogP contribution in [-0.2, 0) is 12.8 Å². The van der Waals surface area contributed by atoms with E-state index >= 15 is 0 Å². The minimum absolute atomic E-state index is 0.000881. The average Bonchev–Trinajstić information content (AvgIpc) is 2.79. The number of halogens is 4. The number of benzene rings is 3. The van der Waals surface area contributed by atoms with Crippen LogP contribution in [0.3, 0.4) is 0 Å². The van der Waals surface area contributed by atoms with Gasteiger partial charge in [-0.2, -0.15) is 13.2 Å². The first-order valence-electron chi connectivity index (χ1n) is 9.62. The molecule has 9 heteroatoms. The summed E-state index contributed by atoms with van der Waals surface area (Å²) in [5.41, 5.74) is -0.359. The number of rotatable bonds is 6. The van der Waals surface area contributed by atoms with E-state index < -0.39 is 23.1 Å². The maximum Gasteiger partial charge on any atom is 0.453 e. The van der Waals surface area contributed by atoms with Crippen molar-refractivity contribution in [2.24, 2.45) is 0 Å². The first-order valence-corrected chi connectivity index (χ1v) is 10.4. The van der Waals surface area contributed by atoms with E-state index in [-0.39, 0.29) is 29.1 Å². The fraction of sp³-hybridized carbons (Fsp3) is 0.125. The minimum atomic E-state index is -4.96. The lowest BCUT2D eigenvalue weighted by molar-refractivity contribution is -0.154. The highest BCUT2D eigenvalue weighted by Crippen LogP contribution is 2.39. The number of methoxy groups -OCH3 is 1.